The van der Waals surface area contributed by atoms with Crippen molar-refractivity contribution in [3.05, 3.63) is 5.82 Å². The second kappa shape index (κ2) is 5.48. The van der Waals surface area contributed by atoms with Crippen LogP contribution in [0.25, 0.3) is 0 Å². The Bertz CT molecular complexity index is 484. The molecule has 3 aliphatic rings. The molecule has 0 spiro atoms. The summed E-state index contributed by atoms with van der Waals surface area (Å²) >= 11 is 1.59. The van der Waals surface area contributed by atoms with Gasteiger partial charge in [-0.1, -0.05) is 0 Å². The van der Waals surface area contributed by atoms with Gasteiger partial charge >= 0.3 is 0 Å². The minimum atomic E-state index is 0.677. The van der Waals surface area contributed by atoms with E-state index in [-0.39, 0.29) is 0 Å². The molecule has 0 aromatic carbocycles. The summed E-state index contributed by atoms with van der Waals surface area (Å²) in [4.78, 5) is 12.4. The van der Waals surface area contributed by atoms with Gasteiger partial charge in [0.05, 0.1) is 0 Å². The van der Waals surface area contributed by atoms with Crippen LogP contribution in [-0.2, 0) is 0 Å². The Morgan fingerprint density at radius 2 is 1.81 bits per heavy atom. The fourth-order valence-electron chi connectivity index (χ4n) is 3.32. The first-order chi connectivity index (χ1) is 10.2. The Labute approximate surface area is 131 Å². The monoisotopic (exact) mass is 307 g/mol. The molecule has 3 heterocycles. The zero-order valence-electron chi connectivity index (χ0n) is 13.0. The van der Waals surface area contributed by atoms with Gasteiger partial charge in [0, 0.05) is 68.8 Å². The van der Waals surface area contributed by atoms with Crippen LogP contribution >= 0.6 is 11.5 Å². The molecule has 0 unspecified atom stereocenters. The van der Waals surface area contributed by atoms with Crippen molar-refractivity contribution in [3.8, 4) is 0 Å². The first-order valence-corrected chi connectivity index (χ1v) is 9.04. The van der Waals surface area contributed by atoms with Gasteiger partial charge in [-0.25, -0.2) is 4.98 Å². The average molecular weight is 307 g/mol. The summed E-state index contributed by atoms with van der Waals surface area (Å²) in [5.41, 5.74) is 0. The van der Waals surface area contributed by atoms with Crippen LogP contribution in [0.2, 0.25) is 0 Å². The molecule has 0 amide bonds. The molecule has 116 valence electrons. The Hall–Kier alpha value is -0.720. The fraction of sp³-hybridized carbons (Fsp3) is 0.867. The molecule has 6 heteroatoms. The van der Waals surface area contributed by atoms with E-state index in [0.29, 0.717) is 12.0 Å². The maximum Gasteiger partial charge on any atom is 0.205 e. The van der Waals surface area contributed by atoms with E-state index in [4.69, 9.17) is 4.98 Å². The lowest BCUT2D eigenvalue weighted by Crippen LogP contribution is -2.63. The molecular formula is C15H25N5S. The summed E-state index contributed by atoms with van der Waals surface area (Å²) in [7, 11) is 0. The number of hydrogen-bond acceptors (Lipinski definition) is 6. The van der Waals surface area contributed by atoms with Gasteiger partial charge in [0.25, 0.3) is 0 Å². The van der Waals surface area contributed by atoms with Gasteiger partial charge in [-0.2, -0.15) is 4.37 Å². The van der Waals surface area contributed by atoms with Crippen LogP contribution in [-0.4, -0.2) is 70.5 Å². The van der Waals surface area contributed by atoms with Crippen LogP contribution in [0.4, 0.5) is 5.13 Å². The van der Waals surface area contributed by atoms with E-state index < -0.39 is 0 Å². The molecule has 21 heavy (non-hydrogen) atoms. The fourth-order valence-corrected chi connectivity index (χ4v) is 4.09. The van der Waals surface area contributed by atoms with Crippen molar-refractivity contribution in [3.63, 3.8) is 0 Å². The third kappa shape index (κ3) is 2.81. The second-order valence-corrected chi connectivity index (χ2v) is 7.66. The van der Waals surface area contributed by atoms with Crippen LogP contribution in [0.1, 0.15) is 38.4 Å². The lowest BCUT2D eigenvalue weighted by atomic mass is 10.1. The van der Waals surface area contributed by atoms with Crippen LogP contribution in [0.3, 0.4) is 0 Å². The first-order valence-electron chi connectivity index (χ1n) is 8.27. The third-order valence-electron chi connectivity index (χ3n) is 5.10. The van der Waals surface area contributed by atoms with Crippen molar-refractivity contribution in [2.75, 3.05) is 44.2 Å². The molecule has 2 saturated heterocycles. The van der Waals surface area contributed by atoms with E-state index in [0.717, 1.165) is 30.1 Å². The predicted molar refractivity (Wildman–Crippen MR) is 86.2 cm³/mol. The summed E-state index contributed by atoms with van der Waals surface area (Å²) in [6.07, 6.45) is 2.58. The van der Waals surface area contributed by atoms with Gasteiger partial charge in [0.2, 0.25) is 5.13 Å². The molecule has 0 radical (unpaired) electrons. The molecule has 0 N–H and O–H groups in total. The zero-order valence-corrected chi connectivity index (χ0v) is 13.8. The van der Waals surface area contributed by atoms with Crippen molar-refractivity contribution < 1.29 is 0 Å². The maximum absolute atomic E-state index is 4.72. The Kier molecular flexibility index (Phi) is 3.63. The van der Waals surface area contributed by atoms with Crippen molar-refractivity contribution in [1.82, 2.24) is 19.2 Å². The minimum absolute atomic E-state index is 0.677. The molecule has 1 aliphatic carbocycles. The SMILES string of the molecule is CC(C)N1CCN(C2CN(c3nc(C4CC4)ns3)C2)CC1. The van der Waals surface area contributed by atoms with E-state index in [2.05, 4.69) is 32.9 Å². The molecular weight excluding hydrogens is 282 g/mol. The number of anilines is 1. The standard InChI is InChI=1S/C15H25N5S/c1-11(2)18-5-7-19(8-6-18)13-9-20(10-13)15-16-14(17-21-15)12-3-4-12/h11-13H,3-10H2,1-2H3. The van der Waals surface area contributed by atoms with Crippen molar-refractivity contribution >= 4 is 16.7 Å². The van der Waals surface area contributed by atoms with Gasteiger partial charge < -0.3 is 4.90 Å². The van der Waals surface area contributed by atoms with Crippen molar-refractivity contribution in [1.29, 1.82) is 0 Å². The summed E-state index contributed by atoms with van der Waals surface area (Å²) in [6, 6.07) is 1.42. The van der Waals surface area contributed by atoms with Crippen molar-refractivity contribution in [2.24, 2.45) is 0 Å². The second-order valence-electron chi connectivity index (χ2n) is 6.93. The molecule has 5 nitrogen and oxygen atoms in total. The number of piperazine rings is 1. The van der Waals surface area contributed by atoms with Gasteiger partial charge in [-0.15, -0.1) is 0 Å². The van der Waals surface area contributed by atoms with E-state index in [9.17, 15) is 0 Å². The Morgan fingerprint density at radius 1 is 1.10 bits per heavy atom. The van der Waals surface area contributed by atoms with Crippen LogP contribution < -0.4 is 4.90 Å². The number of aromatic nitrogens is 2. The molecule has 1 saturated carbocycles. The number of rotatable bonds is 4. The average Bonchev–Trinajstić information content (AvgIpc) is 3.18. The molecule has 2 aliphatic heterocycles. The highest BCUT2D eigenvalue weighted by Crippen LogP contribution is 2.40. The quantitative estimate of drug-likeness (QED) is 0.845. The van der Waals surface area contributed by atoms with Gasteiger partial charge in [-0.3, -0.25) is 9.80 Å². The molecule has 1 aromatic heterocycles. The predicted octanol–water partition coefficient (Wildman–Crippen LogP) is 1.63. The lowest BCUT2D eigenvalue weighted by Gasteiger charge is -2.48. The Morgan fingerprint density at radius 3 is 2.43 bits per heavy atom. The van der Waals surface area contributed by atoms with Gasteiger partial charge in [0.15, 0.2) is 0 Å². The summed E-state index contributed by atoms with van der Waals surface area (Å²) < 4.78 is 4.52. The van der Waals surface area contributed by atoms with Crippen LogP contribution in [0.5, 0.6) is 0 Å². The van der Waals surface area contributed by atoms with E-state index in [1.54, 1.807) is 11.5 Å². The molecule has 0 bridgehead atoms. The van der Waals surface area contributed by atoms with Crippen molar-refractivity contribution in [2.45, 2.75) is 44.7 Å². The largest absolute Gasteiger partial charge is 0.344 e. The van der Waals surface area contributed by atoms with E-state index in [1.165, 1.54) is 39.0 Å². The minimum Gasteiger partial charge on any atom is -0.344 e. The third-order valence-corrected chi connectivity index (χ3v) is 5.89. The normalized spacial score (nSPS) is 25.6. The number of hydrogen-bond donors (Lipinski definition) is 0. The molecule has 0 atom stereocenters. The van der Waals surface area contributed by atoms with E-state index in [1.807, 2.05) is 0 Å². The van der Waals surface area contributed by atoms with Gasteiger partial charge in [-0.05, 0) is 26.7 Å². The van der Waals surface area contributed by atoms with Crippen LogP contribution in [0, 0.1) is 0 Å². The summed E-state index contributed by atoms with van der Waals surface area (Å²) in [6.45, 7) is 11.8. The lowest BCUT2D eigenvalue weighted by molar-refractivity contribution is 0.0678. The maximum atomic E-state index is 4.72. The highest BCUT2D eigenvalue weighted by molar-refractivity contribution is 7.09. The highest BCUT2D eigenvalue weighted by Gasteiger charge is 2.36. The molecule has 1 aromatic rings. The molecule has 4 rings (SSSR count). The topological polar surface area (TPSA) is 35.5 Å². The van der Waals surface area contributed by atoms with Crippen LogP contribution in [0.15, 0.2) is 0 Å². The summed E-state index contributed by atoms with van der Waals surface area (Å²) in [5, 5.41) is 1.15. The van der Waals surface area contributed by atoms with Gasteiger partial charge in [0.1, 0.15) is 5.82 Å². The summed E-state index contributed by atoms with van der Waals surface area (Å²) in [5.74, 6) is 1.78. The Balaban J connectivity index is 1.27. The smallest absolute Gasteiger partial charge is 0.205 e. The highest BCUT2D eigenvalue weighted by atomic mass is 32.1. The first kappa shape index (κ1) is 13.9. The number of nitrogens with zero attached hydrogens (tertiary/aromatic N) is 5. The zero-order chi connectivity index (χ0) is 14.4. The van der Waals surface area contributed by atoms with E-state index >= 15 is 0 Å². The molecule has 3 fully saturated rings.